The van der Waals surface area contributed by atoms with Crippen molar-refractivity contribution in [2.45, 2.75) is 142 Å². The minimum absolute atomic E-state index is 0.0318. The lowest BCUT2D eigenvalue weighted by Gasteiger charge is -2.62. The van der Waals surface area contributed by atoms with Crippen LogP contribution in [0.2, 0.25) is 0 Å². The average molecular weight is 489 g/mol. The van der Waals surface area contributed by atoms with Gasteiger partial charge in [-0.3, -0.25) is 0 Å². The van der Waals surface area contributed by atoms with Crippen LogP contribution in [0.3, 0.4) is 0 Å². The number of hydrogen-bond donors (Lipinski definition) is 2. The highest BCUT2D eigenvalue weighted by Crippen LogP contribution is 2.66. The van der Waals surface area contributed by atoms with Gasteiger partial charge in [-0.25, -0.2) is 0 Å². The Morgan fingerprint density at radius 1 is 0.571 bits per heavy atom. The van der Waals surface area contributed by atoms with Crippen LogP contribution in [-0.2, 0) is 0 Å². The molecule has 0 saturated heterocycles. The van der Waals surface area contributed by atoms with Crippen LogP contribution in [0.4, 0.5) is 0 Å². The number of rotatable bonds is 2. The molecule has 0 fully saturated rings. The Balaban J connectivity index is 2.73. The number of allylic oxidation sites excluding steroid dienone is 2. The molecule has 2 nitrogen and oxygen atoms in total. The number of hydrogen-bond acceptors (Lipinski definition) is 2. The van der Waals surface area contributed by atoms with Gasteiger partial charge in [0, 0.05) is 10.8 Å². The van der Waals surface area contributed by atoms with Crippen LogP contribution in [0.25, 0.3) is 0 Å². The quantitative estimate of drug-likeness (QED) is 0.381. The van der Waals surface area contributed by atoms with Gasteiger partial charge in [-0.1, -0.05) is 123 Å². The Morgan fingerprint density at radius 3 is 1.00 bits per heavy atom. The monoisotopic (exact) mass is 488 g/mol. The second-order valence-corrected chi connectivity index (χ2v) is 17.7. The van der Waals surface area contributed by atoms with Crippen molar-refractivity contribution in [2.24, 2.45) is 43.3 Å². The van der Waals surface area contributed by atoms with Gasteiger partial charge in [-0.2, -0.15) is 0 Å². The molecule has 2 heteroatoms. The molecule has 204 valence electrons. The van der Waals surface area contributed by atoms with Crippen molar-refractivity contribution >= 4 is 0 Å². The molecule has 2 rings (SSSR count). The predicted molar refractivity (Wildman–Crippen MR) is 152 cm³/mol. The molecule has 0 aromatic heterocycles. The first-order chi connectivity index (χ1) is 15.2. The van der Waals surface area contributed by atoms with E-state index in [-0.39, 0.29) is 43.3 Å². The first-order valence-corrected chi connectivity index (χ1v) is 13.9. The average Bonchev–Trinajstić information content (AvgIpc) is 2.55. The Hall–Kier alpha value is -0.600. The fourth-order valence-electron chi connectivity index (χ4n) is 9.01. The van der Waals surface area contributed by atoms with E-state index in [0.717, 1.165) is 24.0 Å². The summed E-state index contributed by atoms with van der Waals surface area (Å²) >= 11 is 0. The zero-order chi connectivity index (χ0) is 27.8. The molecule has 0 heterocycles. The van der Waals surface area contributed by atoms with Gasteiger partial charge in [0.15, 0.2) is 0 Å². The maximum Gasteiger partial charge on any atom is 0.0819 e. The van der Waals surface area contributed by atoms with Crippen molar-refractivity contribution in [3.63, 3.8) is 0 Å². The summed E-state index contributed by atoms with van der Waals surface area (Å²) in [6.07, 6.45) is 6.09. The summed E-state index contributed by atoms with van der Waals surface area (Å²) in [6.45, 7) is 36.8. The second-order valence-electron chi connectivity index (χ2n) is 17.7. The standard InChI is InChI=1S/C33H60O2/c1-26(2,3)32(27(4,5)6)20-30(13,14)18-22(24(32)34)17-23-19-31(15,16)21-33(25(23)35,28(7,8)9)29(10,11)12/h18-19,24-25,34-35H,17,20-21H2,1-16H3. The van der Waals surface area contributed by atoms with Crippen LogP contribution in [0.15, 0.2) is 23.3 Å². The van der Waals surface area contributed by atoms with Crippen molar-refractivity contribution < 1.29 is 10.2 Å². The summed E-state index contributed by atoms with van der Waals surface area (Å²) in [5.74, 6) is 0. The smallest absolute Gasteiger partial charge is 0.0819 e. The predicted octanol–water partition coefficient (Wildman–Crippen LogP) is 8.97. The molecule has 0 saturated carbocycles. The third-order valence-electron chi connectivity index (χ3n) is 10.0. The Kier molecular flexibility index (Phi) is 7.40. The van der Waals surface area contributed by atoms with E-state index < -0.39 is 12.2 Å². The van der Waals surface area contributed by atoms with Gasteiger partial charge in [0.2, 0.25) is 0 Å². The van der Waals surface area contributed by atoms with Crippen molar-refractivity contribution in [1.29, 1.82) is 0 Å². The van der Waals surface area contributed by atoms with Crippen LogP contribution in [0.5, 0.6) is 0 Å². The van der Waals surface area contributed by atoms with Crippen LogP contribution in [0, 0.1) is 43.3 Å². The molecule has 2 aliphatic rings. The van der Waals surface area contributed by atoms with E-state index in [9.17, 15) is 10.2 Å². The van der Waals surface area contributed by atoms with Gasteiger partial charge in [0.1, 0.15) is 0 Å². The summed E-state index contributed by atoms with van der Waals surface area (Å²) in [4.78, 5) is 0. The van der Waals surface area contributed by atoms with Crippen molar-refractivity contribution in [3.8, 4) is 0 Å². The van der Waals surface area contributed by atoms with Gasteiger partial charge >= 0.3 is 0 Å². The molecular formula is C33H60O2. The van der Waals surface area contributed by atoms with Gasteiger partial charge in [0.05, 0.1) is 12.2 Å². The molecule has 0 radical (unpaired) electrons. The zero-order valence-electron chi connectivity index (χ0n) is 26.3. The number of aliphatic hydroxyl groups is 2. The van der Waals surface area contributed by atoms with Crippen molar-refractivity contribution in [2.75, 3.05) is 0 Å². The minimum atomic E-state index is -0.549. The molecule has 0 aliphatic heterocycles. The fraction of sp³-hybridized carbons (Fsp3) is 0.879. The van der Waals surface area contributed by atoms with E-state index in [4.69, 9.17) is 0 Å². The van der Waals surface area contributed by atoms with Crippen LogP contribution >= 0.6 is 0 Å². The lowest BCUT2D eigenvalue weighted by molar-refractivity contribution is -0.147. The van der Waals surface area contributed by atoms with Crippen molar-refractivity contribution in [1.82, 2.24) is 0 Å². The molecule has 2 N–H and O–H groups in total. The Bertz CT molecular complexity index is 753. The first kappa shape index (κ1) is 30.6. The molecule has 0 aromatic carbocycles. The zero-order valence-corrected chi connectivity index (χ0v) is 26.3. The Morgan fingerprint density at radius 2 is 0.800 bits per heavy atom. The van der Waals surface area contributed by atoms with Gasteiger partial charge < -0.3 is 10.2 Å². The second kappa shape index (κ2) is 8.45. The lowest BCUT2D eigenvalue weighted by Crippen LogP contribution is -2.60. The molecule has 0 aromatic rings. The third kappa shape index (κ3) is 4.97. The summed E-state index contributed by atoms with van der Waals surface area (Å²) in [5, 5.41) is 24.4. The highest BCUT2D eigenvalue weighted by Gasteiger charge is 2.61. The lowest BCUT2D eigenvalue weighted by atomic mass is 9.43. The van der Waals surface area contributed by atoms with E-state index in [1.165, 1.54) is 0 Å². The van der Waals surface area contributed by atoms with Gasteiger partial charge in [-0.05, 0) is 62.9 Å². The topological polar surface area (TPSA) is 40.5 Å². The van der Waals surface area contributed by atoms with Crippen LogP contribution in [-0.4, -0.2) is 22.4 Å². The molecular weight excluding hydrogens is 428 g/mol. The molecule has 0 bridgehead atoms. The highest BCUT2D eigenvalue weighted by atomic mass is 16.3. The first-order valence-electron chi connectivity index (χ1n) is 13.9. The van der Waals surface area contributed by atoms with E-state index in [0.29, 0.717) is 6.42 Å². The molecule has 2 unspecified atom stereocenters. The normalized spacial score (nSPS) is 28.9. The summed E-state index contributed by atoms with van der Waals surface area (Å²) < 4.78 is 0. The maximum atomic E-state index is 12.2. The summed E-state index contributed by atoms with van der Waals surface area (Å²) in [6, 6.07) is 0. The molecule has 0 spiro atoms. The van der Waals surface area contributed by atoms with E-state index in [2.05, 4.69) is 123 Å². The summed E-state index contributed by atoms with van der Waals surface area (Å²) in [7, 11) is 0. The molecule has 0 amide bonds. The van der Waals surface area contributed by atoms with Gasteiger partial charge in [-0.15, -0.1) is 0 Å². The van der Waals surface area contributed by atoms with E-state index in [1.54, 1.807) is 0 Å². The van der Waals surface area contributed by atoms with Gasteiger partial charge in [0.25, 0.3) is 0 Å². The van der Waals surface area contributed by atoms with Crippen LogP contribution < -0.4 is 0 Å². The number of aliphatic hydroxyl groups excluding tert-OH is 2. The van der Waals surface area contributed by atoms with Crippen LogP contribution in [0.1, 0.15) is 130 Å². The maximum absolute atomic E-state index is 12.2. The summed E-state index contributed by atoms with van der Waals surface area (Å²) in [5.41, 5.74) is 1.22. The SMILES string of the molecule is CC1(C)C=C(CC2=CC(C)(C)CC(C(C)(C)C)(C(C)(C)C)C2O)C(O)C(C(C)(C)C)(C(C)(C)C)C1. The van der Waals surface area contributed by atoms with E-state index in [1.807, 2.05) is 0 Å². The largest absolute Gasteiger partial charge is 0.388 e. The minimum Gasteiger partial charge on any atom is -0.388 e. The molecule has 2 atom stereocenters. The third-order valence-corrected chi connectivity index (χ3v) is 10.0. The Labute approximate surface area is 219 Å². The fourth-order valence-corrected chi connectivity index (χ4v) is 9.01. The van der Waals surface area contributed by atoms with Crippen molar-refractivity contribution in [3.05, 3.63) is 23.3 Å². The molecule has 2 aliphatic carbocycles. The van der Waals surface area contributed by atoms with E-state index >= 15 is 0 Å². The highest BCUT2D eigenvalue weighted by molar-refractivity contribution is 5.35. The molecule has 35 heavy (non-hydrogen) atoms.